The number of halogens is 1. The highest BCUT2D eigenvalue weighted by Crippen LogP contribution is 2.32. The number of anilines is 1. The minimum atomic E-state index is -0.483. The van der Waals surface area contributed by atoms with E-state index in [1.54, 1.807) is 0 Å². The van der Waals surface area contributed by atoms with E-state index in [9.17, 15) is 14.5 Å². The first-order chi connectivity index (χ1) is 8.58. The van der Waals surface area contributed by atoms with Crippen molar-refractivity contribution in [2.24, 2.45) is 5.92 Å². The van der Waals surface area contributed by atoms with Crippen LogP contribution in [0, 0.1) is 21.8 Å². The van der Waals surface area contributed by atoms with Gasteiger partial charge in [0.2, 0.25) is 0 Å². The second kappa shape index (κ2) is 5.33. The summed E-state index contributed by atoms with van der Waals surface area (Å²) in [5, 5.41) is 14.0. The van der Waals surface area contributed by atoms with E-state index in [2.05, 4.69) is 5.32 Å². The Morgan fingerprint density at radius 2 is 2.11 bits per heavy atom. The molecule has 1 aliphatic rings. The molecule has 1 unspecified atom stereocenters. The Balaban J connectivity index is 2.16. The van der Waals surface area contributed by atoms with Crippen molar-refractivity contribution in [3.05, 3.63) is 34.1 Å². The predicted molar refractivity (Wildman–Crippen MR) is 68.1 cm³/mol. The third-order valence-corrected chi connectivity index (χ3v) is 3.65. The minimum absolute atomic E-state index is 0.0683. The van der Waals surface area contributed by atoms with Crippen molar-refractivity contribution in [1.82, 2.24) is 0 Å². The Morgan fingerprint density at radius 3 is 2.72 bits per heavy atom. The van der Waals surface area contributed by atoms with E-state index in [0.717, 1.165) is 18.9 Å². The Bertz CT molecular complexity index is 445. The molecule has 98 valence electrons. The molecule has 1 fully saturated rings. The predicted octanol–water partition coefficient (Wildman–Crippen LogP) is 3.72. The third kappa shape index (κ3) is 2.78. The van der Waals surface area contributed by atoms with Crippen molar-refractivity contribution in [2.75, 3.05) is 5.32 Å². The Hall–Kier alpha value is -1.65. The molecule has 1 aromatic rings. The molecule has 18 heavy (non-hydrogen) atoms. The molecule has 1 N–H and O–H groups in total. The van der Waals surface area contributed by atoms with Gasteiger partial charge in [0, 0.05) is 18.2 Å². The molecule has 0 aromatic heterocycles. The maximum atomic E-state index is 13.2. The van der Waals surface area contributed by atoms with Crippen LogP contribution >= 0.6 is 0 Å². The van der Waals surface area contributed by atoms with Gasteiger partial charge in [-0.2, -0.15) is 0 Å². The van der Waals surface area contributed by atoms with E-state index in [-0.39, 0.29) is 17.4 Å². The molecule has 1 saturated carbocycles. The van der Waals surface area contributed by atoms with E-state index < -0.39 is 10.7 Å². The largest absolute Gasteiger partial charge is 0.377 e. The summed E-state index contributed by atoms with van der Waals surface area (Å²) in [7, 11) is 0. The molecule has 0 aliphatic heterocycles. The van der Waals surface area contributed by atoms with Crippen molar-refractivity contribution in [3.8, 4) is 0 Å². The molecular formula is C13H17FN2O2. The zero-order chi connectivity index (χ0) is 13.1. The quantitative estimate of drug-likeness (QED) is 0.656. The van der Waals surface area contributed by atoms with Gasteiger partial charge in [-0.25, -0.2) is 4.39 Å². The molecule has 0 spiro atoms. The summed E-state index contributed by atoms with van der Waals surface area (Å²) in [5.74, 6) is 0.0644. The summed E-state index contributed by atoms with van der Waals surface area (Å²) in [4.78, 5) is 10.4. The summed E-state index contributed by atoms with van der Waals surface area (Å²) >= 11 is 0. The number of rotatable bonds is 4. The number of nitrogens with one attached hydrogen (secondary N) is 1. The number of nitro groups is 1. The lowest BCUT2D eigenvalue weighted by molar-refractivity contribution is -0.384. The molecular weight excluding hydrogens is 235 g/mol. The summed E-state index contributed by atoms with van der Waals surface area (Å²) in [6.07, 6.45) is 4.69. The first-order valence-corrected chi connectivity index (χ1v) is 6.28. The summed E-state index contributed by atoms with van der Waals surface area (Å²) < 4.78 is 13.2. The van der Waals surface area contributed by atoms with Crippen LogP contribution in [-0.2, 0) is 0 Å². The Labute approximate surface area is 105 Å². The van der Waals surface area contributed by atoms with Crippen LogP contribution in [0.4, 0.5) is 15.8 Å². The Kier molecular flexibility index (Phi) is 3.79. The molecule has 0 saturated heterocycles. The van der Waals surface area contributed by atoms with Crippen LogP contribution < -0.4 is 5.32 Å². The first kappa shape index (κ1) is 12.8. The van der Waals surface area contributed by atoms with Gasteiger partial charge in [0.1, 0.15) is 11.5 Å². The van der Waals surface area contributed by atoms with Crippen molar-refractivity contribution < 1.29 is 9.31 Å². The van der Waals surface area contributed by atoms with Gasteiger partial charge in [0.15, 0.2) is 0 Å². The summed E-state index contributed by atoms with van der Waals surface area (Å²) in [6.45, 7) is 2.00. The molecule has 1 aliphatic carbocycles. The van der Waals surface area contributed by atoms with Crippen LogP contribution in [0.5, 0.6) is 0 Å². The molecule has 0 bridgehead atoms. The van der Waals surface area contributed by atoms with E-state index in [4.69, 9.17) is 0 Å². The maximum absolute atomic E-state index is 13.2. The monoisotopic (exact) mass is 252 g/mol. The first-order valence-electron chi connectivity index (χ1n) is 6.28. The zero-order valence-electron chi connectivity index (χ0n) is 10.4. The molecule has 1 atom stereocenters. The minimum Gasteiger partial charge on any atom is -0.377 e. The fourth-order valence-corrected chi connectivity index (χ4v) is 2.60. The fraction of sp³-hybridized carbons (Fsp3) is 0.538. The lowest BCUT2D eigenvalue weighted by Crippen LogP contribution is -2.24. The van der Waals surface area contributed by atoms with Crippen LogP contribution in [0.2, 0.25) is 0 Å². The number of nitrogens with zero attached hydrogens (tertiary/aromatic N) is 1. The normalized spacial score (nSPS) is 17.7. The second-order valence-corrected chi connectivity index (χ2v) is 4.90. The molecule has 4 nitrogen and oxygen atoms in total. The smallest absolute Gasteiger partial charge is 0.292 e. The van der Waals surface area contributed by atoms with E-state index in [1.807, 2.05) is 6.92 Å². The van der Waals surface area contributed by atoms with Gasteiger partial charge >= 0.3 is 0 Å². The van der Waals surface area contributed by atoms with Gasteiger partial charge in [-0.1, -0.05) is 12.8 Å². The number of hydrogen-bond acceptors (Lipinski definition) is 3. The van der Waals surface area contributed by atoms with Crippen molar-refractivity contribution in [2.45, 2.75) is 38.6 Å². The van der Waals surface area contributed by atoms with E-state index >= 15 is 0 Å². The summed E-state index contributed by atoms with van der Waals surface area (Å²) in [6, 6.07) is 3.65. The van der Waals surface area contributed by atoms with Crippen molar-refractivity contribution in [1.29, 1.82) is 0 Å². The molecule has 0 heterocycles. The maximum Gasteiger partial charge on any atom is 0.292 e. The SMILES string of the molecule is CC(Nc1cc(F)ccc1[N+](=O)[O-])C1CCCC1. The van der Waals surface area contributed by atoms with Crippen LogP contribution in [0.15, 0.2) is 18.2 Å². The highest BCUT2D eigenvalue weighted by molar-refractivity contribution is 5.61. The van der Waals surface area contributed by atoms with Crippen LogP contribution in [0.3, 0.4) is 0 Å². The van der Waals surface area contributed by atoms with Gasteiger partial charge in [-0.05, 0) is 31.7 Å². The second-order valence-electron chi connectivity index (χ2n) is 4.90. The molecule has 1 aromatic carbocycles. The highest BCUT2D eigenvalue weighted by Gasteiger charge is 2.24. The van der Waals surface area contributed by atoms with Gasteiger partial charge in [0.05, 0.1) is 4.92 Å². The van der Waals surface area contributed by atoms with E-state index in [1.165, 1.54) is 25.0 Å². The fourth-order valence-electron chi connectivity index (χ4n) is 2.60. The lowest BCUT2D eigenvalue weighted by Gasteiger charge is -2.21. The Morgan fingerprint density at radius 1 is 1.44 bits per heavy atom. The number of benzene rings is 1. The summed E-state index contributed by atoms with van der Waals surface area (Å²) in [5.41, 5.74) is 0.209. The molecule has 2 rings (SSSR count). The zero-order valence-corrected chi connectivity index (χ0v) is 10.4. The van der Waals surface area contributed by atoms with Crippen LogP contribution in [0.1, 0.15) is 32.6 Å². The highest BCUT2D eigenvalue weighted by atomic mass is 19.1. The van der Waals surface area contributed by atoms with Crippen molar-refractivity contribution >= 4 is 11.4 Å². The number of hydrogen-bond donors (Lipinski definition) is 1. The topological polar surface area (TPSA) is 55.2 Å². The third-order valence-electron chi connectivity index (χ3n) is 3.65. The molecule has 5 heteroatoms. The molecule has 0 radical (unpaired) electrons. The van der Waals surface area contributed by atoms with Crippen molar-refractivity contribution in [3.63, 3.8) is 0 Å². The average Bonchev–Trinajstić information content (AvgIpc) is 2.81. The average molecular weight is 252 g/mol. The van der Waals surface area contributed by atoms with E-state index in [0.29, 0.717) is 5.92 Å². The van der Waals surface area contributed by atoms with Crippen LogP contribution in [-0.4, -0.2) is 11.0 Å². The van der Waals surface area contributed by atoms with Crippen LogP contribution in [0.25, 0.3) is 0 Å². The lowest BCUT2D eigenvalue weighted by atomic mass is 9.99. The number of nitro benzene ring substituents is 1. The van der Waals surface area contributed by atoms with Gasteiger partial charge in [-0.15, -0.1) is 0 Å². The standard InChI is InChI=1S/C13H17FN2O2/c1-9(10-4-2-3-5-10)15-12-8-11(14)6-7-13(12)16(17)18/h6-10,15H,2-5H2,1H3. The van der Waals surface area contributed by atoms with Gasteiger partial charge in [0.25, 0.3) is 5.69 Å². The van der Waals surface area contributed by atoms with Gasteiger partial charge in [-0.3, -0.25) is 10.1 Å². The molecule has 0 amide bonds. The van der Waals surface area contributed by atoms with Gasteiger partial charge < -0.3 is 5.32 Å².